The molecule has 1 heterocycles. The number of carbonyl (C=O) groups excluding carboxylic acids is 1. The molecule has 0 radical (unpaired) electrons. The topological polar surface area (TPSA) is 75.7 Å². The Bertz CT molecular complexity index is 1510. The van der Waals surface area contributed by atoms with E-state index in [2.05, 4.69) is 4.72 Å². The van der Waals surface area contributed by atoms with Gasteiger partial charge >= 0.3 is 0 Å². The first-order valence-electron chi connectivity index (χ1n) is 11.1. The van der Waals surface area contributed by atoms with Gasteiger partial charge in [0.15, 0.2) is 0 Å². The summed E-state index contributed by atoms with van der Waals surface area (Å²) in [6.07, 6.45) is 0. The van der Waals surface area contributed by atoms with Gasteiger partial charge in [-0.2, -0.15) is 0 Å². The number of rotatable bonds is 6. The molecule has 1 unspecified atom stereocenters. The minimum atomic E-state index is -3.78. The molecule has 0 bridgehead atoms. The largest absolute Gasteiger partial charge is 0.495 e. The molecule has 1 atom stereocenters. The maximum atomic E-state index is 13.2. The Morgan fingerprint density at radius 1 is 0.971 bits per heavy atom. The molecular formula is C27H24N2O4S2. The van der Waals surface area contributed by atoms with Crippen molar-refractivity contribution < 1.29 is 17.9 Å². The molecule has 0 aromatic heterocycles. The van der Waals surface area contributed by atoms with Crippen molar-refractivity contribution in [3.63, 3.8) is 0 Å². The number of sulfonamides is 1. The highest BCUT2D eigenvalue weighted by atomic mass is 32.2. The molecule has 4 aromatic carbocycles. The van der Waals surface area contributed by atoms with Gasteiger partial charge in [0.25, 0.3) is 10.0 Å². The Hall–Kier alpha value is -3.49. The maximum Gasteiger partial charge on any atom is 0.262 e. The van der Waals surface area contributed by atoms with Crippen molar-refractivity contribution in [3.8, 4) is 5.75 Å². The average molecular weight is 505 g/mol. The van der Waals surface area contributed by atoms with Crippen LogP contribution in [0.1, 0.15) is 16.5 Å². The third-order valence-electron chi connectivity index (χ3n) is 5.95. The van der Waals surface area contributed by atoms with Crippen LogP contribution in [0.3, 0.4) is 0 Å². The summed E-state index contributed by atoms with van der Waals surface area (Å²) in [7, 11) is -2.19. The van der Waals surface area contributed by atoms with Crippen LogP contribution in [0.4, 0.5) is 11.4 Å². The first-order valence-corrected chi connectivity index (χ1v) is 13.6. The lowest BCUT2D eigenvalue weighted by molar-refractivity contribution is -0.115. The van der Waals surface area contributed by atoms with Crippen molar-refractivity contribution in [2.75, 3.05) is 22.5 Å². The Kier molecular flexibility index (Phi) is 6.17. The van der Waals surface area contributed by atoms with Gasteiger partial charge in [0.05, 0.1) is 23.4 Å². The molecule has 0 aliphatic carbocycles. The third kappa shape index (κ3) is 4.47. The number of ether oxygens (including phenoxy) is 1. The Labute approximate surface area is 209 Å². The first kappa shape index (κ1) is 23.3. The number of anilines is 2. The second kappa shape index (κ2) is 9.28. The molecule has 1 fully saturated rings. The standard InChI is InChI=1S/C27H24N2O4S2/c1-18-10-15-24(33-2)23(16-18)29-26(30)17-34-27(29)20-11-13-21(14-12-20)28-35(31,32)25-9-5-7-19-6-3-4-8-22(19)25/h3-16,27-28H,17H2,1-2H3. The monoisotopic (exact) mass is 504 g/mol. The van der Waals surface area contributed by atoms with E-state index in [1.807, 2.05) is 61.5 Å². The minimum absolute atomic E-state index is 0.00429. The van der Waals surface area contributed by atoms with Crippen LogP contribution in [0.15, 0.2) is 89.8 Å². The molecule has 4 aromatic rings. The molecule has 5 rings (SSSR count). The molecule has 35 heavy (non-hydrogen) atoms. The van der Waals surface area contributed by atoms with Gasteiger partial charge in [0.2, 0.25) is 5.91 Å². The second-order valence-electron chi connectivity index (χ2n) is 8.31. The lowest BCUT2D eigenvalue weighted by Crippen LogP contribution is -2.28. The number of hydrogen-bond donors (Lipinski definition) is 1. The summed E-state index contributed by atoms with van der Waals surface area (Å²) in [5, 5.41) is 1.30. The number of fused-ring (bicyclic) bond motifs is 1. The molecule has 1 aliphatic heterocycles. The molecule has 178 valence electrons. The zero-order valence-electron chi connectivity index (χ0n) is 19.3. The van der Waals surface area contributed by atoms with Crippen LogP contribution in [-0.2, 0) is 14.8 Å². The highest BCUT2D eigenvalue weighted by molar-refractivity contribution is 8.00. The molecule has 8 heteroatoms. The minimum Gasteiger partial charge on any atom is -0.495 e. The van der Waals surface area contributed by atoms with Gasteiger partial charge in [-0.25, -0.2) is 8.42 Å². The summed E-state index contributed by atoms with van der Waals surface area (Å²) < 4.78 is 34.5. The highest BCUT2D eigenvalue weighted by Crippen LogP contribution is 2.45. The predicted molar refractivity (Wildman–Crippen MR) is 142 cm³/mol. The molecular weight excluding hydrogens is 480 g/mol. The summed E-state index contributed by atoms with van der Waals surface area (Å²) in [6.45, 7) is 1.97. The number of nitrogens with one attached hydrogen (secondary N) is 1. The first-order chi connectivity index (χ1) is 16.9. The number of carbonyl (C=O) groups is 1. The maximum absolute atomic E-state index is 13.2. The molecule has 1 N–H and O–H groups in total. The van der Waals surface area contributed by atoms with Crippen LogP contribution < -0.4 is 14.4 Å². The molecule has 1 aliphatic rings. The molecule has 0 saturated carbocycles. The predicted octanol–water partition coefficient (Wildman–Crippen LogP) is 5.74. The fourth-order valence-corrected chi connectivity index (χ4v) is 6.73. The summed E-state index contributed by atoms with van der Waals surface area (Å²) in [6, 6.07) is 25.5. The van der Waals surface area contributed by atoms with Gasteiger partial charge in [-0.1, -0.05) is 54.6 Å². The van der Waals surface area contributed by atoms with Crippen molar-refractivity contribution in [3.05, 3.63) is 96.1 Å². The number of thioether (sulfide) groups is 1. The Balaban J connectivity index is 1.43. The van der Waals surface area contributed by atoms with Crippen molar-refractivity contribution in [2.45, 2.75) is 17.2 Å². The van der Waals surface area contributed by atoms with E-state index in [-0.39, 0.29) is 16.2 Å². The second-order valence-corrected chi connectivity index (χ2v) is 11.0. The number of aryl methyl sites for hydroxylation is 1. The van der Waals surface area contributed by atoms with Crippen LogP contribution in [0, 0.1) is 6.92 Å². The number of hydrogen-bond acceptors (Lipinski definition) is 5. The lowest BCUT2D eigenvalue weighted by Gasteiger charge is -2.26. The van der Waals surface area contributed by atoms with Gasteiger partial charge in [-0.05, 0) is 53.8 Å². The molecule has 1 amide bonds. The smallest absolute Gasteiger partial charge is 0.262 e. The van der Waals surface area contributed by atoms with E-state index in [0.717, 1.165) is 22.2 Å². The Morgan fingerprint density at radius 2 is 1.71 bits per heavy atom. The van der Waals surface area contributed by atoms with Gasteiger partial charge in [0, 0.05) is 11.1 Å². The fraction of sp³-hybridized carbons (Fsp3) is 0.148. The van der Waals surface area contributed by atoms with Crippen molar-refractivity contribution in [1.82, 2.24) is 0 Å². The number of methoxy groups -OCH3 is 1. The van der Waals surface area contributed by atoms with E-state index in [4.69, 9.17) is 4.74 Å². The van der Waals surface area contributed by atoms with Crippen LogP contribution in [-0.4, -0.2) is 27.2 Å². The van der Waals surface area contributed by atoms with E-state index >= 15 is 0 Å². The van der Waals surface area contributed by atoms with Gasteiger partial charge in [0.1, 0.15) is 11.1 Å². The number of amides is 1. The normalized spacial score (nSPS) is 16.0. The molecule has 6 nitrogen and oxygen atoms in total. The summed E-state index contributed by atoms with van der Waals surface area (Å²) in [5.74, 6) is 0.998. The Morgan fingerprint density at radius 3 is 2.49 bits per heavy atom. The van der Waals surface area contributed by atoms with E-state index in [0.29, 0.717) is 22.6 Å². The van der Waals surface area contributed by atoms with Crippen LogP contribution in [0.2, 0.25) is 0 Å². The van der Waals surface area contributed by atoms with Crippen molar-refractivity contribution in [2.24, 2.45) is 0 Å². The van der Waals surface area contributed by atoms with E-state index in [1.54, 1.807) is 42.3 Å². The van der Waals surface area contributed by atoms with E-state index in [1.165, 1.54) is 11.8 Å². The van der Waals surface area contributed by atoms with Crippen molar-refractivity contribution in [1.29, 1.82) is 0 Å². The van der Waals surface area contributed by atoms with Gasteiger partial charge in [-0.3, -0.25) is 14.4 Å². The molecule has 0 spiro atoms. The van der Waals surface area contributed by atoms with Gasteiger partial charge in [-0.15, -0.1) is 11.8 Å². The summed E-state index contributed by atoms with van der Waals surface area (Å²) in [5.41, 5.74) is 3.11. The zero-order valence-corrected chi connectivity index (χ0v) is 20.9. The lowest BCUT2D eigenvalue weighted by atomic mass is 10.1. The number of nitrogens with zero attached hydrogens (tertiary/aromatic N) is 1. The summed E-state index contributed by atoms with van der Waals surface area (Å²) in [4.78, 5) is 14.8. The quantitative estimate of drug-likeness (QED) is 0.363. The third-order valence-corrected chi connectivity index (χ3v) is 8.60. The zero-order chi connectivity index (χ0) is 24.6. The van der Waals surface area contributed by atoms with Crippen LogP contribution in [0.5, 0.6) is 5.75 Å². The average Bonchev–Trinajstić information content (AvgIpc) is 3.25. The van der Waals surface area contributed by atoms with E-state index < -0.39 is 10.0 Å². The fourth-order valence-electron chi connectivity index (χ4n) is 4.28. The van der Waals surface area contributed by atoms with Crippen LogP contribution >= 0.6 is 11.8 Å². The SMILES string of the molecule is COc1ccc(C)cc1N1C(=O)CSC1c1ccc(NS(=O)(=O)c2cccc3ccccc23)cc1. The highest BCUT2D eigenvalue weighted by Gasteiger charge is 2.35. The van der Waals surface area contributed by atoms with E-state index in [9.17, 15) is 13.2 Å². The summed E-state index contributed by atoms with van der Waals surface area (Å²) >= 11 is 1.53. The van der Waals surface area contributed by atoms with Crippen molar-refractivity contribution >= 4 is 49.8 Å². The van der Waals surface area contributed by atoms with Crippen LogP contribution in [0.25, 0.3) is 10.8 Å². The number of benzene rings is 4. The molecule has 1 saturated heterocycles. The van der Waals surface area contributed by atoms with Gasteiger partial charge < -0.3 is 4.74 Å².